The molecule has 1 saturated carbocycles. The van der Waals surface area contributed by atoms with E-state index in [0.29, 0.717) is 5.92 Å². The molecule has 0 bridgehead atoms. The van der Waals surface area contributed by atoms with Crippen LogP contribution in [0.5, 0.6) is 0 Å². The van der Waals surface area contributed by atoms with Crippen molar-refractivity contribution in [2.75, 3.05) is 0 Å². The minimum absolute atomic E-state index is 0.0847. The summed E-state index contributed by atoms with van der Waals surface area (Å²) in [6.07, 6.45) is 14.4. The highest BCUT2D eigenvalue weighted by molar-refractivity contribution is 7.13. The summed E-state index contributed by atoms with van der Waals surface area (Å²) in [6.45, 7) is 0. The molecule has 1 atom stereocenters. The second-order valence-electron chi connectivity index (χ2n) is 7.55. The first-order valence-electron chi connectivity index (χ1n) is 9.59. The van der Waals surface area contributed by atoms with Crippen molar-refractivity contribution < 1.29 is 0 Å². The molecule has 1 aromatic carbocycles. The number of nitrogens with one attached hydrogen (secondary N) is 1. The topological polar surface area (TPSA) is 41.6 Å². The predicted molar refractivity (Wildman–Crippen MR) is 107 cm³/mol. The Morgan fingerprint density at radius 3 is 2.69 bits per heavy atom. The molecule has 0 radical (unpaired) electrons. The van der Waals surface area contributed by atoms with Crippen LogP contribution in [-0.4, -0.2) is 15.2 Å². The molecule has 132 valence electrons. The summed E-state index contributed by atoms with van der Waals surface area (Å²) in [7, 11) is 0. The van der Waals surface area contributed by atoms with Crippen molar-refractivity contribution in [1.82, 2.24) is 15.2 Å². The third-order valence-corrected chi connectivity index (χ3v) is 6.96. The maximum Gasteiger partial charge on any atom is 0.144 e. The Hall–Kier alpha value is -2.20. The summed E-state index contributed by atoms with van der Waals surface area (Å²) >= 11 is 1.65. The van der Waals surface area contributed by atoms with Crippen LogP contribution >= 0.6 is 11.3 Å². The highest BCUT2D eigenvalue weighted by atomic mass is 32.1. The van der Waals surface area contributed by atoms with Crippen LogP contribution in [0.1, 0.15) is 48.9 Å². The molecular formula is C22H23N3S. The molecule has 26 heavy (non-hydrogen) atoms. The molecule has 2 aliphatic carbocycles. The Bertz CT molecular complexity index is 904. The van der Waals surface area contributed by atoms with Gasteiger partial charge in [0, 0.05) is 34.7 Å². The molecule has 5 rings (SSSR count). The second-order valence-corrected chi connectivity index (χ2v) is 8.45. The Morgan fingerprint density at radius 2 is 1.92 bits per heavy atom. The molecule has 0 aliphatic heterocycles. The maximum atomic E-state index is 4.62. The van der Waals surface area contributed by atoms with Crippen molar-refractivity contribution in [3.05, 3.63) is 64.8 Å². The lowest BCUT2D eigenvalue weighted by molar-refractivity contribution is 0.241. The van der Waals surface area contributed by atoms with Crippen LogP contribution in [0, 0.1) is 5.92 Å². The number of nitrogens with zero attached hydrogens (tertiary/aromatic N) is 2. The zero-order valence-electron chi connectivity index (χ0n) is 14.8. The van der Waals surface area contributed by atoms with E-state index in [-0.39, 0.29) is 5.41 Å². The average Bonchev–Trinajstić information content (AvgIpc) is 3.38. The molecule has 0 spiro atoms. The molecule has 4 heteroatoms. The summed E-state index contributed by atoms with van der Waals surface area (Å²) in [5.41, 5.74) is 5.01. The number of benzene rings is 1. The van der Waals surface area contributed by atoms with Gasteiger partial charge in [0.2, 0.25) is 0 Å². The number of aromatic amines is 1. The van der Waals surface area contributed by atoms with Gasteiger partial charge in [-0.1, -0.05) is 61.7 Å². The zero-order valence-corrected chi connectivity index (χ0v) is 15.6. The van der Waals surface area contributed by atoms with Crippen LogP contribution in [-0.2, 0) is 11.8 Å². The summed E-state index contributed by atoms with van der Waals surface area (Å²) in [5.74, 6) is 0.703. The van der Waals surface area contributed by atoms with E-state index in [1.54, 1.807) is 11.3 Å². The van der Waals surface area contributed by atoms with Gasteiger partial charge in [-0.3, -0.25) is 5.10 Å². The minimum Gasteiger partial charge on any atom is -0.281 e. The zero-order chi connectivity index (χ0) is 17.4. The summed E-state index contributed by atoms with van der Waals surface area (Å²) in [6, 6.07) is 11.1. The molecule has 3 aromatic rings. The second kappa shape index (κ2) is 6.51. The van der Waals surface area contributed by atoms with Gasteiger partial charge in [-0.05, 0) is 24.3 Å². The highest BCUT2D eigenvalue weighted by Crippen LogP contribution is 2.48. The fraction of sp³-hybridized carbons (Fsp3) is 0.364. The van der Waals surface area contributed by atoms with Gasteiger partial charge in [-0.25, -0.2) is 4.98 Å². The number of rotatable bonds is 3. The van der Waals surface area contributed by atoms with E-state index < -0.39 is 0 Å². The number of fused-ring (bicyclic) bond motifs is 1. The number of thiazole rings is 1. The van der Waals surface area contributed by atoms with Gasteiger partial charge in [0.15, 0.2) is 0 Å². The largest absolute Gasteiger partial charge is 0.281 e. The number of hydrogen-bond donors (Lipinski definition) is 1. The van der Waals surface area contributed by atoms with Crippen LogP contribution in [0.3, 0.4) is 0 Å². The van der Waals surface area contributed by atoms with Crippen LogP contribution < -0.4 is 0 Å². The Kier molecular flexibility index (Phi) is 4.01. The first-order chi connectivity index (χ1) is 12.9. The molecule has 2 heterocycles. The minimum atomic E-state index is 0.0847. The Morgan fingerprint density at radius 1 is 1.08 bits per heavy atom. The maximum absolute atomic E-state index is 4.62. The lowest BCUT2D eigenvalue weighted by atomic mass is 9.61. The van der Waals surface area contributed by atoms with Crippen molar-refractivity contribution >= 4 is 17.4 Å². The van der Waals surface area contributed by atoms with Gasteiger partial charge < -0.3 is 0 Å². The Balaban J connectivity index is 1.59. The van der Waals surface area contributed by atoms with E-state index in [9.17, 15) is 0 Å². The molecule has 2 aliphatic rings. The van der Waals surface area contributed by atoms with Gasteiger partial charge in [0.05, 0.1) is 0 Å². The molecule has 1 fully saturated rings. The molecule has 0 saturated heterocycles. The molecular weight excluding hydrogens is 338 g/mol. The van der Waals surface area contributed by atoms with Crippen LogP contribution in [0.25, 0.3) is 16.8 Å². The summed E-state index contributed by atoms with van der Waals surface area (Å²) in [4.78, 5) is 4.45. The monoisotopic (exact) mass is 361 g/mol. The van der Waals surface area contributed by atoms with Crippen LogP contribution in [0.2, 0.25) is 0 Å². The van der Waals surface area contributed by atoms with Crippen LogP contribution in [0.4, 0.5) is 0 Å². The molecule has 3 nitrogen and oxygen atoms in total. The van der Waals surface area contributed by atoms with Crippen molar-refractivity contribution in [1.29, 1.82) is 0 Å². The molecule has 1 unspecified atom stereocenters. The fourth-order valence-electron chi connectivity index (χ4n) is 4.87. The number of aromatic nitrogens is 3. The number of allylic oxidation sites excluding steroid dienone is 1. The summed E-state index contributed by atoms with van der Waals surface area (Å²) < 4.78 is 0. The van der Waals surface area contributed by atoms with E-state index >= 15 is 0 Å². The van der Waals surface area contributed by atoms with E-state index in [1.807, 2.05) is 11.6 Å². The SMILES string of the molecule is C1=CC(c2ccccc2)(C2CCCCC2)Cc2[nH]nc(-c3nccs3)c21. The van der Waals surface area contributed by atoms with Crippen molar-refractivity contribution in [3.63, 3.8) is 0 Å². The first-order valence-corrected chi connectivity index (χ1v) is 10.5. The van der Waals surface area contributed by atoms with E-state index in [4.69, 9.17) is 0 Å². The van der Waals surface area contributed by atoms with Crippen molar-refractivity contribution in [3.8, 4) is 10.7 Å². The smallest absolute Gasteiger partial charge is 0.144 e. The van der Waals surface area contributed by atoms with Crippen molar-refractivity contribution in [2.45, 2.75) is 43.9 Å². The van der Waals surface area contributed by atoms with Gasteiger partial charge in [-0.15, -0.1) is 11.3 Å². The molecule has 0 amide bonds. The first kappa shape index (κ1) is 16.0. The molecule has 2 aromatic heterocycles. The standard InChI is InChI=1S/C22H23N3S/c1-3-7-16(8-4-1)22(17-9-5-2-6-10-17)12-11-18-19(15-22)24-25-20(18)21-23-13-14-26-21/h1,3-4,7-8,11-14,17H,2,5-6,9-10,15H2,(H,24,25). The quantitative estimate of drug-likeness (QED) is 0.658. The number of H-pyrrole nitrogens is 1. The third-order valence-electron chi connectivity index (χ3n) is 6.18. The van der Waals surface area contributed by atoms with Gasteiger partial charge in [0.25, 0.3) is 0 Å². The highest BCUT2D eigenvalue weighted by Gasteiger charge is 2.41. The lowest BCUT2D eigenvalue weighted by Gasteiger charge is -2.43. The lowest BCUT2D eigenvalue weighted by Crippen LogP contribution is -2.38. The molecule has 1 N–H and O–H groups in total. The number of hydrogen-bond acceptors (Lipinski definition) is 3. The fourth-order valence-corrected chi connectivity index (χ4v) is 5.51. The Labute approximate surface area is 158 Å². The van der Waals surface area contributed by atoms with E-state index in [2.05, 4.69) is 57.7 Å². The normalized spacial score (nSPS) is 23.1. The van der Waals surface area contributed by atoms with Gasteiger partial charge in [0.1, 0.15) is 10.7 Å². The average molecular weight is 362 g/mol. The van der Waals surface area contributed by atoms with Crippen molar-refractivity contribution in [2.24, 2.45) is 5.92 Å². The third kappa shape index (κ3) is 2.55. The van der Waals surface area contributed by atoms with Gasteiger partial charge in [-0.2, -0.15) is 5.10 Å². The predicted octanol–water partition coefficient (Wildman–Crippen LogP) is 5.62. The van der Waals surface area contributed by atoms with Gasteiger partial charge >= 0.3 is 0 Å². The van der Waals surface area contributed by atoms with E-state index in [0.717, 1.165) is 17.1 Å². The van der Waals surface area contributed by atoms with E-state index in [1.165, 1.54) is 48.9 Å². The van der Waals surface area contributed by atoms with Crippen LogP contribution in [0.15, 0.2) is 48.0 Å². The summed E-state index contributed by atoms with van der Waals surface area (Å²) in [5, 5.41) is 11.0.